The van der Waals surface area contributed by atoms with E-state index in [1.165, 1.54) is 5.56 Å². The SMILES string of the molecule is CCN(CC)CCn1cc(NCc2cn(C)nc2C)cn1. The summed E-state index contributed by atoms with van der Waals surface area (Å²) >= 11 is 0. The molecule has 0 aliphatic rings. The molecule has 6 heteroatoms. The quantitative estimate of drug-likeness (QED) is 0.806. The van der Waals surface area contributed by atoms with Crippen LogP contribution in [0.4, 0.5) is 5.69 Å². The van der Waals surface area contributed by atoms with Crippen molar-refractivity contribution in [1.82, 2.24) is 24.5 Å². The van der Waals surface area contributed by atoms with Crippen LogP contribution in [0, 0.1) is 6.92 Å². The number of aromatic nitrogens is 4. The van der Waals surface area contributed by atoms with Crippen LogP contribution >= 0.6 is 0 Å². The molecule has 0 saturated carbocycles. The van der Waals surface area contributed by atoms with Crippen molar-refractivity contribution in [1.29, 1.82) is 0 Å². The van der Waals surface area contributed by atoms with Crippen LogP contribution in [0.2, 0.25) is 0 Å². The van der Waals surface area contributed by atoms with E-state index in [1.54, 1.807) is 0 Å². The maximum absolute atomic E-state index is 4.40. The predicted octanol–water partition coefficient (Wildman–Crippen LogP) is 1.88. The van der Waals surface area contributed by atoms with E-state index in [0.717, 1.165) is 44.1 Å². The molecular weight excluding hydrogens is 264 g/mol. The zero-order valence-corrected chi connectivity index (χ0v) is 13.5. The van der Waals surface area contributed by atoms with E-state index in [1.807, 2.05) is 35.7 Å². The fraction of sp³-hybridized carbons (Fsp3) is 0.600. The first kappa shape index (κ1) is 15.6. The Bertz CT molecular complexity index is 552. The van der Waals surface area contributed by atoms with Gasteiger partial charge in [-0.1, -0.05) is 13.8 Å². The highest BCUT2D eigenvalue weighted by Crippen LogP contribution is 2.10. The van der Waals surface area contributed by atoms with Gasteiger partial charge in [-0.2, -0.15) is 10.2 Å². The first-order chi connectivity index (χ1) is 10.1. The van der Waals surface area contributed by atoms with Crippen molar-refractivity contribution in [3.8, 4) is 0 Å². The van der Waals surface area contributed by atoms with Crippen molar-refractivity contribution < 1.29 is 0 Å². The van der Waals surface area contributed by atoms with Crippen LogP contribution in [0.3, 0.4) is 0 Å². The van der Waals surface area contributed by atoms with E-state index in [0.29, 0.717) is 0 Å². The molecule has 2 aromatic rings. The number of anilines is 1. The van der Waals surface area contributed by atoms with Gasteiger partial charge >= 0.3 is 0 Å². The van der Waals surface area contributed by atoms with Gasteiger partial charge in [0, 0.05) is 38.1 Å². The summed E-state index contributed by atoms with van der Waals surface area (Å²) < 4.78 is 3.84. The summed E-state index contributed by atoms with van der Waals surface area (Å²) in [5, 5.41) is 12.2. The Morgan fingerprint density at radius 3 is 2.62 bits per heavy atom. The van der Waals surface area contributed by atoms with Gasteiger partial charge in [0.15, 0.2) is 0 Å². The molecule has 1 N–H and O–H groups in total. The molecule has 0 atom stereocenters. The smallest absolute Gasteiger partial charge is 0.0729 e. The molecule has 0 fully saturated rings. The molecule has 2 rings (SSSR count). The van der Waals surface area contributed by atoms with Gasteiger partial charge in [0.25, 0.3) is 0 Å². The monoisotopic (exact) mass is 290 g/mol. The Balaban J connectivity index is 1.84. The van der Waals surface area contributed by atoms with E-state index in [2.05, 4.69) is 40.5 Å². The van der Waals surface area contributed by atoms with E-state index in [4.69, 9.17) is 0 Å². The van der Waals surface area contributed by atoms with Gasteiger partial charge in [-0.05, 0) is 20.0 Å². The first-order valence-corrected chi connectivity index (χ1v) is 7.60. The molecule has 0 aliphatic carbocycles. The maximum atomic E-state index is 4.40. The Labute approximate surface area is 126 Å². The first-order valence-electron chi connectivity index (χ1n) is 7.60. The lowest BCUT2D eigenvalue weighted by Gasteiger charge is -2.17. The minimum Gasteiger partial charge on any atom is -0.378 e. The zero-order chi connectivity index (χ0) is 15.2. The topological polar surface area (TPSA) is 50.9 Å². The van der Waals surface area contributed by atoms with Crippen molar-refractivity contribution in [2.45, 2.75) is 33.9 Å². The molecule has 6 nitrogen and oxygen atoms in total. The molecule has 0 unspecified atom stereocenters. The summed E-state index contributed by atoms with van der Waals surface area (Å²) in [7, 11) is 1.95. The highest BCUT2D eigenvalue weighted by molar-refractivity contribution is 5.39. The normalized spacial score (nSPS) is 11.3. The van der Waals surface area contributed by atoms with E-state index >= 15 is 0 Å². The summed E-state index contributed by atoms with van der Waals surface area (Å²) in [6.45, 7) is 11.3. The molecule has 2 aromatic heterocycles. The second kappa shape index (κ2) is 7.26. The third kappa shape index (κ3) is 4.32. The number of aryl methyl sites for hydroxylation is 2. The van der Waals surface area contributed by atoms with Crippen molar-refractivity contribution in [3.05, 3.63) is 29.8 Å². The van der Waals surface area contributed by atoms with Gasteiger partial charge in [-0.15, -0.1) is 0 Å². The largest absolute Gasteiger partial charge is 0.378 e. The zero-order valence-electron chi connectivity index (χ0n) is 13.5. The molecule has 0 radical (unpaired) electrons. The van der Waals surface area contributed by atoms with Crippen LogP contribution in [-0.2, 0) is 20.1 Å². The van der Waals surface area contributed by atoms with Gasteiger partial charge in [0.2, 0.25) is 0 Å². The van der Waals surface area contributed by atoms with Crippen LogP contribution in [0.15, 0.2) is 18.6 Å². The summed E-state index contributed by atoms with van der Waals surface area (Å²) in [5.41, 5.74) is 3.34. The molecule has 0 spiro atoms. The molecule has 0 aliphatic heterocycles. The van der Waals surface area contributed by atoms with Crippen LogP contribution in [0.25, 0.3) is 0 Å². The third-order valence-electron chi connectivity index (χ3n) is 3.77. The van der Waals surface area contributed by atoms with E-state index in [-0.39, 0.29) is 0 Å². The van der Waals surface area contributed by atoms with Crippen molar-refractivity contribution in [3.63, 3.8) is 0 Å². The Morgan fingerprint density at radius 1 is 1.24 bits per heavy atom. The number of nitrogens with one attached hydrogen (secondary N) is 1. The summed E-state index contributed by atoms with van der Waals surface area (Å²) in [6.07, 6.45) is 6.00. The number of hydrogen-bond donors (Lipinski definition) is 1. The minimum absolute atomic E-state index is 0.779. The van der Waals surface area contributed by atoms with Crippen LogP contribution in [0.1, 0.15) is 25.1 Å². The summed E-state index contributed by atoms with van der Waals surface area (Å²) in [6, 6.07) is 0. The Morgan fingerprint density at radius 2 is 2.00 bits per heavy atom. The number of likely N-dealkylation sites (N-methyl/N-ethyl adjacent to an activating group) is 1. The predicted molar refractivity (Wildman–Crippen MR) is 85.3 cm³/mol. The minimum atomic E-state index is 0.779. The maximum Gasteiger partial charge on any atom is 0.0729 e. The Kier molecular flexibility index (Phi) is 5.38. The second-order valence-electron chi connectivity index (χ2n) is 5.29. The second-order valence-corrected chi connectivity index (χ2v) is 5.29. The lowest BCUT2D eigenvalue weighted by molar-refractivity contribution is 0.285. The van der Waals surface area contributed by atoms with Gasteiger partial charge in [0.05, 0.1) is 24.1 Å². The lowest BCUT2D eigenvalue weighted by Crippen LogP contribution is -2.27. The van der Waals surface area contributed by atoms with Crippen molar-refractivity contribution in [2.24, 2.45) is 7.05 Å². The van der Waals surface area contributed by atoms with Crippen LogP contribution < -0.4 is 5.32 Å². The molecule has 116 valence electrons. The average molecular weight is 290 g/mol. The number of hydrogen-bond acceptors (Lipinski definition) is 4. The van der Waals surface area contributed by atoms with E-state index < -0.39 is 0 Å². The highest BCUT2D eigenvalue weighted by Gasteiger charge is 2.05. The van der Waals surface area contributed by atoms with Gasteiger partial charge in [-0.25, -0.2) is 0 Å². The van der Waals surface area contributed by atoms with Crippen molar-refractivity contribution in [2.75, 3.05) is 25.0 Å². The van der Waals surface area contributed by atoms with Gasteiger partial charge in [-0.3, -0.25) is 9.36 Å². The molecule has 0 amide bonds. The fourth-order valence-electron chi connectivity index (χ4n) is 2.38. The molecule has 21 heavy (non-hydrogen) atoms. The highest BCUT2D eigenvalue weighted by atomic mass is 15.3. The van der Waals surface area contributed by atoms with Crippen LogP contribution in [-0.4, -0.2) is 44.1 Å². The lowest BCUT2D eigenvalue weighted by atomic mass is 10.2. The average Bonchev–Trinajstić information content (AvgIpc) is 3.04. The van der Waals surface area contributed by atoms with E-state index in [9.17, 15) is 0 Å². The summed E-state index contributed by atoms with van der Waals surface area (Å²) in [5.74, 6) is 0. The molecule has 0 aromatic carbocycles. The van der Waals surface area contributed by atoms with Crippen molar-refractivity contribution >= 4 is 5.69 Å². The third-order valence-corrected chi connectivity index (χ3v) is 3.77. The number of rotatable bonds is 8. The molecule has 0 saturated heterocycles. The molecule has 0 bridgehead atoms. The van der Waals surface area contributed by atoms with Gasteiger partial charge < -0.3 is 10.2 Å². The van der Waals surface area contributed by atoms with Gasteiger partial charge in [0.1, 0.15) is 0 Å². The van der Waals surface area contributed by atoms with Crippen LogP contribution in [0.5, 0.6) is 0 Å². The molecular formula is C15H26N6. The number of nitrogens with zero attached hydrogens (tertiary/aromatic N) is 5. The molecule has 2 heterocycles. The standard InChI is InChI=1S/C15H26N6/c1-5-20(6-2)7-8-21-12-15(10-17-21)16-9-14-11-19(4)18-13(14)3/h10-12,16H,5-9H2,1-4H3. The fourth-order valence-corrected chi connectivity index (χ4v) is 2.38. The Hall–Kier alpha value is -1.82. The summed E-state index contributed by atoms with van der Waals surface area (Å²) in [4.78, 5) is 2.40.